The third-order valence-electron chi connectivity index (χ3n) is 2.96. The molecule has 0 unspecified atom stereocenters. The number of carboxylic acids is 1. The molecule has 0 atom stereocenters. The summed E-state index contributed by atoms with van der Waals surface area (Å²) in [5.41, 5.74) is 1.17. The predicted octanol–water partition coefficient (Wildman–Crippen LogP) is 3.47. The Bertz CT molecular complexity index is 520. The molecule has 1 aromatic rings. The third-order valence-corrected chi connectivity index (χ3v) is 3.62. The lowest BCUT2D eigenvalue weighted by Crippen LogP contribution is -2.46. The molecule has 1 aromatic carbocycles. The van der Waals surface area contributed by atoms with Crippen LogP contribution in [0.1, 0.15) is 43.1 Å². The lowest BCUT2D eigenvalue weighted by atomic mass is 10.0. The summed E-state index contributed by atoms with van der Waals surface area (Å²) in [5, 5.41) is 8.82. The van der Waals surface area contributed by atoms with E-state index in [4.69, 9.17) is 5.11 Å². The number of halogens is 1. The van der Waals surface area contributed by atoms with Crippen molar-refractivity contribution in [3.8, 4) is 0 Å². The van der Waals surface area contributed by atoms with E-state index in [1.807, 2.05) is 39.8 Å². The van der Waals surface area contributed by atoms with Gasteiger partial charge < -0.3 is 10.0 Å². The van der Waals surface area contributed by atoms with Gasteiger partial charge in [0, 0.05) is 16.6 Å². The number of carbonyl (C=O) groups is 2. The Morgan fingerprint density at radius 2 is 1.90 bits per heavy atom. The SMILES string of the molecule is Cc1ccc(C(=O)N(CCC(=O)O)C(C)(C)C)c(Br)c1. The van der Waals surface area contributed by atoms with E-state index in [2.05, 4.69) is 15.9 Å². The van der Waals surface area contributed by atoms with Crippen molar-refractivity contribution in [3.63, 3.8) is 0 Å². The fraction of sp³-hybridized carbons (Fsp3) is 0.467. The van der Waals surface area contributed by atoms with Crippen molar-refractivity contribution < 1.29 is 14.7 Å². The minimum Gasteiger partial charge on any atom is -0.481 e. The van der Waals surface area contributed by atoms with Crippen LogP contribution in [0.4, 0.5) is 0 Å². The van der Waals surface area contributed by atoms with Gasteiger partial charge in [-0.25, -0.2) is 0 Å². The standard InChI is InChI=1S/C15H20BrNO3/c1-10-5-6-11(12(16)9-10)14(20)17(15(2,3)4)8-7-13(18)19/h5-6,9H,7-8H2,1-4H3,(H,18,19). The second-order valence-corrected chi connectivity index (χ2v) is 6.61. The van der Waals surface area contributed by atoms with Gasteiger partial charge >= 0.3 is 5.97 Å². The van der Waals surface area contributed by atoms with Gasteiger partial charge in [0.1, 0.15) is 0 Å². The lowest BCUT2D eigenvalue weighted by molar-refractivity contribution is -0.137. The molecule has 4 nitrogen and oxygen atoms in total. The minimum absolute atomic E-state index is 0.0630. The minimum atomic E-state index is -0.907. The number of benzene rings is 1. The van der Waals surface area contributed by atoms with Crippen molar-refractivity contribution in [2.75, 3.05) is 6.54 Å². The van der Waals surface area contributed by atoms with Crippen LogP contribution in [0.2, 0.25) is 0 Å². The highest BCUT2D eigenvalue weighted by Crippen LogP contribution is 2.24. The molecule has 0 saturated carbocycles. The molecule has 0 fully saturated rings. The molecule has 0 heterocycles. The quantitative estimate of drug-likeness (QED) is 0.911. The number of carbonyl (C=O) groups excluding carboxylic acids is 1. The summed E-state index contributed by atoms with van der Waals surface area (Å²) in [6.07, 6.45) is -0.0630. The van der Waals surface area contributed by atoms with Crippen LogP contribution in [0.3, 0.4) is 0 Å². The Balaban J connectivity index is 3.07. The number of aliphatic carboxylic acids is 1. The molecule has 110 valence electrons. The first kappa shape index (κ1) is 16.7. The van der Waals surface area contributed by atoms with Crippen molar-refractivity contribution in [1.29, 1.82) is 0 Å². The first-order chi connectivity index (χ1) is 9.12. The van der Waals surface area contributed by atoms with Crippen LogP contribution in [0.5, 0.6) is 0 Å². The Kier molecular flexibility index (Phi) is 5.34. The smallest absolute Gasteiger partial charge is 0.305 e. The van der Waals surface area contributed by atoms with Gasteiger partial charge in [-0.1, -0.05) is 6.07 Å². The summed E-state index contributed by atoms with van der Waals surface area (Å²) in [6, 6.07) is 5.52. The average Bonchev–Trinajstić information content (AvgIpc) is 2.26. The van der Waals surface area contributed by atoms with Gasteiger partial charge in [-0.2, -0.15) is 0 Å². The molecule has 0 aromatic heterocycles. The normalized spacial score (nSPS) is 11.2. The maximum absolute atomic E-state index is 12.6. The molecule has 0 aliphatic carbocycles. The van der Waals surface area contributed by atoms with E-state index in [9.17, 15) is 9.59 Å². The Morgan fingerprint density at radius 3 is 2.35 bits per heavy atom. The van der Waals surface area contributed by atoms with Crippen LogP contribution in [0.25, 0.3) is 0 Å². The molecule has 0 radical (unpaired) electrons. The van der Waals surface area contributed by atoms with E-state index in [0.717, 1.165) is 10.0 Å². The summed E-state index contributed by atoms with van der Waals surface area (Å²) in [7, 11) is 0. The highest BCUT2D eigenvalue weighted by atomic mass is 79.9. The Labute approximate surface area is 127 Å². The van der Waals surface area contributed by atoms with Gasteiger partial charge in [0.15, 0.2) is 0 Å². The van der Waals surface area contributed by atoms with Gasteiger partial charge in [0.25, 0.3) is 5.91 Å². The van der Waals surface area contributed by atoms with Crippen LogP contribution in [-0.4, -0.2) is 34.0 Å². The molecular weight excluding hydrogens is 322 g/mol. The van der Waals surface area contributed by atoms with Crippen LogP contribution < -0.4 is 0 Å². The maximum Gasteiger partial charge on any atom is 0.305 e. The Hall–Kier alpha value is -1.36. The average molecular weight is 342 g/mol. The molecule has 1 rings (SSSR count). The maximum atomic E-state index is 12.6. The highest BCUT2D eigenvalue weighted by molar-refractivity contribution is 9.10. The molecule has 1 amide bonds. The third kappa shape index (κ3) is 4.34. The number of aryl methyl sites for hydroxylation is 1. The van der Waals surface area contributed by atoms with E-state index in [1.165, 1.54) is 0 Å². The fourth-order valence-corrected chi connectivity index (χ4v) is 2.55. The molecule has 0 aliphatic heterocycles. The van der Waals surface area contributed by atoms with E-state index in [0.29, 0.717) is 5.56 Å². The van der Waals surface area contributed by atoms with Gasteiger partial charge in [-0.05, 0) is 61.3 Å². The summed E-state index contributed by atoms with van der Waals surface area (Å²) in [5.74, 6) is -1.07. The molecule has 0 aliphatic rings. The van der Waals surface area contributed by atoms with E-state index in [-0.39, 0.29) is 18.9 Å². The molecule has 20 heavy (non-hydrogen) atoms. The largest absolute Gasteiger partial charge is 0.481 e. The number of rotatable bonds is 4. The molecule has 0 spiro atoms. The summed E-state index contributed by atoms with van der Waals surface area (Å²) in [6.45, 7) is 7.83. The van der Waals surface area contributed by atoms with Crippen molar-refractivity contribution in [3.05, 3.63) is 33.8 Å². The molecule has 0 bridgehead atoms. The summed E-state index contributed by atoms with van der Waals surface area (Å²) in [4.78, 5) is 25.0. The van der Waals surface area contributed by atoms with Crippen molar-refractivity contribution in [2.24, 2.45) is 0 Å². The van der Waals surface area contributed by atoms with Crippen molar-refractivity contribution in [1.82, 2.24) is 4.90 Å². The van der Waals surface area contributed by atoms with Crippen LogP contribution >= 0.6 is 15.9 Å². The van der Waals surface area contributed by atoms with E-state index < -0.39 is 11.5 Å². The second-order valence-electron chi connectivity index (χ2n) is 5.75. The van der Waals surface area contributed by atoms with Crippen molar-refractivity contribution >= 4 is 27.8 Å². The van der Waals surface area contributed by atoms with Gasteiger partial charge in [-0.3, -0.25) is 9.59 Å². The first-order valence-corrected chi connectivity index (χ1v) is 7.22. The van der Waals surface area contributed by atoms with Gasteiger partial charge in [-0.15, -0.1) is 0 Å². The van der Waals surface area contributed by atoms with Crippen molar-refractivity contribution in [2.45, 2.75) is 39.7 Å². The van der Waals surface area contributed by atoms with Gasteiger partial charge in [0.05, 0.1) is 12.0 Å². The molecule has 5 heteroatoms. The number of nitrogens with zero attached hydrogens (tertiary/aromatic N) is 1. The second kappa shape index (κ2) is 6.39. The topological polar surface area (TPSA) is 57.6 Å². The predicted molar refractivity (Wildman–Crippen MR) is 81.9 cm³/mol. The van der Waals surface area contributed by atoms with Crippen LogP contribution in [-0.2, 0) is 4.79 Å². The highest BCUT2D eigenvalue weighted by Gasteiger charge is 2.28. The van der Waals surface area contributed by atoms with Gasteiger partial charge in [0.2, 0.25) is 0 Å². The number of amides is 1. The lowest BCUT2D eigenvalue weighted by Gasteiger charge is -2.35. The molecule has 0 saturated heterocycles. The van der Waals surface area contributed by atoms with Crippen LogP contribution in [0, 0.1) is 6.92 Å². The zero-order chi connectivity index (χ0) is 15.5. The van der Waals surface area contributed by atoms with E-state index >= 15 is 0 Å². The number of hydrogen-bond donors (Lipinski definition) is 1. The monoisotopic (exact) mass is 341 g/mol. The fourth-order valence-electron chi connectivity index (χ4n) is 1.89. The molecular formula is C15H20BrNO3. The molecule has 1 N–H and O–H groups in total. The zero-order valence-electron chi connectivity index (χ0n) is 12.2. The van der Waals surface area contributed by atoms with Crippen LogP contribution in [0.15, 0.2) is 22.7 Å². The number of hydrogen-bond acceptors (Lipinski definition) is 2. The summed E-state index contributed by atoms with van der Waals surface area (Å²) >= 11 is 3.40. The number of carboxylic acid groups (broad SMARTS) is 1. The first-order valence-electron chi connectivity index (χ1n) is 6.43. The Morgan fingerprint density at radius 1 is 1.30 bits per heavy atom. The zero-order valence-corrected chi connectivity index (χ0v) is 13.8. The summed E-state index contributed by atoms with van der Waals surface area (Å²) < 4.78 is 0.729. The van der Waals surface area contributed by atoms with E-state index in [1.54, 1.807) is 11.0 Å².